The standard InChI is InChI=1S/C23H26N2O3/c1-3-28-23-14-19-16(13-22(23)27-2)10-11-25(15-26)21(19)9-8-18-12-17-6-4-5-7-20(17)24-18/h4-7,12-15,21,24H,3,8-11H2,1-2H3. The van der Waals surface area contributed by atoms with Gasteiger partial charge in [0.25, 0.3) is 0 Å². The first-order chi connectivity index (χ1) is 13.7. The molecule has 1 N–H and O–H groups in total. The Balaban J connectivity index is 1.63. The second-order valence-electron chi connectivity index (χ2n) is 7.16. The molecule has 0 radical (unpaired) electrons. The maximum absolute atomic E-state index is 11.7. The molecule has 0 aliphatic carbocycles. The maximum atomic E-state index is 11.7. The van der Waals surface area contributed by atoms with Crippen LogP contribution in [0.25, 0.3) is 10.9 Å². The highest BCUT2D eigenvalue weighted by Gasteiger charge is 2.28. The molecule has 5 heteroatoms. The number of para-hydroxylation sites is 1. The van der Waals surface area contributed by atoms with E-state index >= 15 is 0 Å². The van der Waals surface area contributed by atoms with Gasteiger partial charge >= 0.3 is 0 Å². The van der Waals surface area contributed by atoms with Crippen LogP contribution in [0.3, 0.4) is 0 Å². The molecule has 0 spiro atoms. The summed E-state index contributed by atoms with van der Waals surface area (Å²) in [5, 5.41) is 1.22. The predicted molar refractivity (Wildman–Crippen MR) is 110 cm³/mol. The predicted octanol–water partition coefficient (Wildman–Crippen LogP) is 4.26. The van der Waals surface area contributed by atoms with Gasteiger partial charge < -0.3 is 19.4 Å². The lowest BCUT2D eigenvalue weighted by Crippen LogP contribution is -2.34. The second kappa shape index (κ2) is 7.97. The normalized spacial score (nSPS) is 16.1. The van der Waals surface area contributed by atoms with Crippen LogP contribution in [-0.2, 0) is 17.6 Å². The van der Waals surface area contributed by atoms with Crippen LogP contribution in [0.4, 0.5) is 0 Å². The van der Waals surface area contributed by atoms with Gasteiger partial charge in [0.15, 0.2) is 11.5 Å². The van der Waals surface area contributed by atoms with Crippen LogP contribution in [0.5, 0.6) is 11.5 Å². The van der Waals surface area contributed by atoms with E-state index in [0.29, 0.717) is 6.61 Å². The minimum atomic E-state index is 0.0396. The number of H-pyrrole nitrogens is 1. The summed E-state index contributed by atoms with van der Waals surface area (Å²) in [7, 11) is 1.66. The number of ether oxygens (including phenoxy) is 2. The molecule has 0 saturated carbocycles. The summed E-state index contributed by atoms with van der Waals surface area (Å²) < 4.78 is 11.3. The monoisotopic (exact) mass is 378 g/mol. The third kappa shape index (κ3) is 3.44. The molecule has 2 aromatic carbocycles. The number of aromatic amines is 1. The van der Waals surface area contributed by atoms with Crippen molar-refractivity contribution in [2.45, 2.75) is 32.2 Å². The van der Waals surface area contributed by atoms with Gasteiger partial charge in [0.1, 0.15) is 0 Å². The highest BCUT2D eigenvalue weighted by atomic mass is 16.5. The van der Waals surface area contributed by atoms with E-state index in [1.54, 1.807) is 7.11 Å². The van der Waals surface area contributed by atoms with Crippen LogP contribution in [0.15, 0.2) is 42.5 Å². The first-order valence-corrected chi connectivity index (χ1v) is 9.84. The molecule has 0 fully saturated rings. The van der Waals surface area contributed by atoms with Crippen molar-refractivity contribution in [3.8, 4) is 11.5 Å². The Morgan fingerprint density at radius 2 is 2.07 bits per heavy atom. The number of aryl methyl sites for hydroxylation is 1. The van der Waals surface area contributed by atoms with Crippen molar-refractivity contribution in [2.75, 3.05) is 20.3 Å². The van der Waals surface area contributed by atoms with E-state index < -0.39 is 0 Å². The lowest BCUT2D eigenvalue weighted by Gasteiger charge is -2.35. The fraction of sp³-hybridized carbons (Fsp3) is 0.348. The highest BCUT2D eigenvalue weighted by Crippen LogP contribution is 2.39. The van der Waals surface area contributed by atoms with E-state index in [4.69, 9.17) is 9.47 Å². The molecule has 1 unspecified atom stereocenters. The average molecular weight is 378 g/mol. The summed E-state index contributed by atoms with van der Waals surface area (Å²) in [6, 6.07) is 14.7. The van der Waals surface area contributed by atoms with Gasteiger partial charge in [-0.25, -0.2) is 0 Å². The Morgan fingerprint density at radius 1 is 1.21 bits per heavy atom. The Kier molecular flexibility index (Phi) is 5.24. The fourth-order valence-corrected chi connectivity index (χ4v) is 4.16. The number of rotatable bonds is 7. The van der Waals surface area contributed by atoms with E-state index in [1.807, 2.05) is 24.0 Å². The number of hydrogen-bond acceptors (Lipinski definition) is 3. The van der Waals surface area contributed by atoms with E-state index in [9.17, 15) is 4.79 Å². The first-order valence-electron chi connectivity index (χ1n) is 9.84. The van der Waals surface area contributed by atoms with Crippen molar-refractivity contribution in [2.24, 2.45) is 0 Å². The van der Waals surface area contributed by atoms with Gasteiger partial charge in [-0.1, -0.05) is 18.2 Å². The molecule has 1 aliphatic rings. The van der Waals surface area contributed by atoms with Crippen LogP contribution in [0.2, 0.25) is 0 Å². The lowest BCUT2D eigenvalue weighted by atomic mass is 9.89. The molecule has 28 heavy (non-hydrogen) atoms. The summed E-state index contributed by atoms with van der Waals surface area (Å²) in [6.07, 6.45) is 3.54. The molecule has 0 bridgehead atoms. The van der Waals surface area contributed by atoms with E-state index in [-0.39, 0.29) is 6.04 Å². The van der Waals surface area contributed by atoms with Gasteiger partial charge in [-0.2, -0.15) is 0 Å². The van der Waals surface area contributed by atoms with Crippen molar-refractivity contribution in [3.05, 3.63) is 59.3 Å². The largest absolute Gasteiger partial charge is 0.493 e. The number of aromatic nitrogens is 1. The number of nitrogens with one attached hydrogen (secondary N) is 1. The number of methoxy groups -OCH3 is 1. The molecule has 0 saturated heterocycles. The van der Waals surface area contributed by atoms with Crippen molar-refractivity contribution in [1.82, 2.24) is 9.88 Å². The Morgan fingerprint density at radius 3 is 2.82 bits per heavy atom. The zero-order valence-corrected chi connectivity index (χ0v) is 16.4. The number of benzene rings is 2. The number of fused-ring (bicyclic) bond motifs is 2. The Bertz CT molecular complexity index is 946. The molecule has 1 atom stereocenters. The van der Waals surface area contributed by atoms with E-state index in [0.717, 1.165) is 49.2 Å². The second-order valence-corrected chi connectivity index (χ2v) is 7.16. The van der Waals surface area contributed by atoms with Crippen LogP contribution in [-0.4, -0.2) is 36.6 Å². The SMILES string of the molecule is CCOc1cc2c(cc1OC)CCN(C=O)C2CCc1cc2ccccc2[nH]1. The van der Waals surface area contributed by atoms with Crippen molar-refractivity contribution < 1.29 is 14.3 Å². The van der Waals surface area contributed by atoms with Gasteiger partial charge in [-0.15, -0.1) is 0 Å². The van der Waals surface area contributed by atoms with Crippen molar-refractivity contribution in [1.29, 1.82) is 0 Å². The van der Waals surface area contributed by atoms with Gasteiger partial charge in [0.2, 0.25) is 6.41 Å². The van der Waals surface area contributed by atoms with Crippen LogP contribution in [0, 0.1) is 0 Å². The Labute approximate surface area is 165 Å². The van der Waals surface area contributed by atoms with E-state index in [1.165, 1.54) is 22.2 Å². The van der Waals surface area contributed by atoms with Crippen molar-refractivity contribution >= 4 is 17.3 Å². The number of amides is 1. The molecular formula is C23H26N2O3. The first kappa shape index (κ1) is 18.4. The number of carbonyl (C=O) groups is 1. The van der Waals surface area contributed by atoms with Gasteiger partial charge in [0, 0.05) is 17.8 Å². The number of carbonyl (C=O) groups excluding carboxylic acids is 1. The summed E-state index contributed by atoms with van der Waals surface area (Å²) in [5.74, 6) is 1.50. The smallest absolute Gasteiger partial charge is 0.210 e. The fourth-order valence-electron chi connectivity index (χ4n) is 4.16. The molecule has 5 nitrogen and oxygen atoms in total. The topological polar surface area (TPSA) is 54.6 Å². The van der Waals surface area contributed by atoms with E-state index in [2.05, 4.69) is 35.3 Å². The minimum absolute atomic E-state index is 0.0396. The summed E-state index contributed by atoms with van der Waals surface area (Å²) >= 11 is 0. The third-order valence-electron chi connectivity index (χ3n) is 5.53. The van der Waals surface area contributed by atoms with Crippen LogP contribution >= 0.6 is 0 Å². The summed E-state index contributed by atoms with van der Waals surface area (Å²) in [6.45, 7) is 3.27. The van der Waals surface area contributed by atoms with Gasteiger partial charge in [-0.05, 0) is 67.0 Å². The Hall–Kier alpha value is -2.95. The molecule has 1 amide bonds. The lowest BCUT2D eigenvalue weighted by molar-refractivity contribution is -0.120. The zero-order valence-electron chi connectivity index (χ0n) is 16.4. The van der Waals surface area contributed by atoms with Gasteiger partial charge in [0.05, 0.1) is 19.8 Å². The molecule has 1 aliphatic heterocycles. The molecule has 1 aromatic heterocycles. The molecule has 2 heterocycles. The molecular weight excluding hydrogens is 352 g/mol. The number of hydrogen-bond donors (Lipinski definition) is 1. The van der Waals surface area contributed by atoms with Crippen molar-refractivity contribution in [3.63, 3.8) is 0 Å². The molecule has 146 valence electrons. The van der Waals surface area contributed by atoms with Crippen LogP contribution in [0.1, 0.15) is 36.2 Å². The quantitative estimate of drug-likeness (QED) is 0.625. The third-order valence-corrected chi connectivity index (χ3v) is 5.53. The van der Waals surface area contributed by atoms with Gasteiger partial charge in [-0.3, -0.25) is 4.79 Å². The molecule has 3 aromatic rings. The number of nitrogens with zero attached hydrogens (tertiary/aromatic N) is 1. The average Bonchev–Trinajstić information content (AvgIpc) is 3.14. The maximum Gasteiger partial charge on any atom is 0.210 e. The summed E-state index contributed by atoms with van der Waals surface area (Å²) in [4.78, 5) is 17.1. The zero-order chi connectivity index (χ0) is 19.5. The summed E-state index contributed by atoms with van der Waals surface area (Å²) in [5.41, 5.74) is 4.74. The molecule has 4 rings (SSSR count). The van der Waals surface area contributed by atoms with Crippen LogP contribution < -0.4 is 9.47 Å². The highest BCUT2D eigenvalue weighted by molar-refractivity contribution is 5.80. The minimum Gasteiger partial charge on any atom is -0.493 e.